The lowest BCUT2D eigenvalue weighted by atomic mass is 10.0. The van der Waals surface area contributed by atoms with Gasteiger partial charge in [0, 0.05) is 18.2 Å². The summed E-state index contributed by atoms with van der Waals surface area (Å²) in [5.41, 5.74) is 2.77. The molecule has 3 amide bonds. The van der Waals surface area contributed by atoms with Crippen LogP contribution in [-0.2, 0) is 43.3 Å². The maximum absolute atomic E-state index is 14.2. The van der Waals surface area contributed by atoms with E-state index >= 15 is 0 Å². The number of anilines is 1. The van der Waals surface area contributed by atoms with Crippen molar-refractivity contribution in [3.05, 3.63) is 102 Å². The van der Waals surface area contributed by atoms with E-state index in [0.717, 1.165) is 16.7 Å². The lowest BCUT2D eigenvalue weighted by Crippen LogP contribution is -2.52. The van der Waals surface area contributed by atoms with Crippen molar-refractivity contribution in [2.24, 2.45) is 0 Å². The third kappa shape index (κ3) is 9.43. The number of nitrogens with zero attached hydrogens (tertiary/aromatic N) is 1. The normalized spacial score (nSPS) is 14.8. The number of fused-ring (bicyclic) bond motifs is 1. The standard InChI is InChI=1S/C34H39N3O6/c1-34(2,3)43-33(41)36-28(19-18-24-12-6-4-7-13-24)32(40)37-27(20-26-16-10-11-17-29(26)37)21-30(38)35-22-31(39)42-23-25-14-8-5-9-15-25/h4-17,27-28H,18-23H2,1-3H3,(H,35,38)(H,36,41)/t27-,28-/m0/s1. The van der Waals surface area contributed by atoms with Crippen LogP contribution in [0, 0.1) is 0 Å². The second kappa shape index (κ2) is 14.5. The van der Waals surface area contributed by atoms with Crippen LogP contribution in [0.5, 0.6) is 0 Å². The minimum Gasteiger partial charge on any atom is -0.460 e. The monoisotopic (exact) mass is 585 g/mol. The molecular weight excluding hydrogens is 546 g/mol. The van der Waals surface area contributed by atoms with Gasteiger partial charge in [0.15, 0.2) is 0 Å². The molecule has 9 heteroatoms. The highest BCUT2D eigenvalue weighted by molar-refractivity contribution is 6.01. The van der Waals surface area contributed by atoms with E-state index in [1.807, 2.05) is 84.9 Å². The molecule has 43 heavy (non-hydrogen) atoms. The first-order valence-corrected chi connectivity index (χ1v) is 14.5. The average molecular weight is 586 g/mol. The molecule has 3 aromatic rings. The summed E-state index contributed by atoms with van der Waals surface area (Å²) < 4.78 is 10.7. The number of hydrogen-bond acceptors (Lipinski definition) is 6. The SMILES string of the molecule is CC(C)(C)OC(=O)N[C@@H](CCc1ccccc1)C(=O)N1c2ccccc2C[C@H]1CC(=O)NCC(=O)OCc1ccccc1. The first kappa shape index (κ1) is 31.3. The van der Waals surface area contributed by atoms with Gasteiger partial charge in [-0.25, -0.2) is 4.79 Å². The van der Waals surface area contributed by atoms with E-state index in [1.165, 1.54) is 0 Å². The number of amides is 3. The number of hydrogen-bond donors (Lipinski definition) is 2. The average Bonchev–Trinajstić information content (AvgIpc) is 3.34. The van der Waals surface area contributed by atoms with E-state index in [1.54, 1.807) is 25.7 Å². The first-order chi connectivity index (χ1) is 20.6. The van der Waals surface area contributed by atoms with Crippen LogP contribution >= 0.6 is 0 Å². The summed E-state index contributed by atoms with van der Waals surface area (Å²) in [6.07, 6.45) is 0.649. The second-order valence-corrected chi connectivity index (χ2v) is 11.5. The highest BCUT2D eigenvalue weighted by Crippen LogP contribution is 2.34. The van der Waals surface area contributed by atoms with Gasteiger partial charge in [0.05, 0.1) is 0 Å². The number of benzene rings is 3. The Morgan fingerprint density at radius 2 is 1.51 bits per heavy atom. The van der Waals surface area contributed by atoms with Crippen molar-refractivity contribution in [3.8, 4) is 0 Å². The Morgan fingerprint density at radius 1 is 0.884 bits per heavy atom. The summed E-state index contributed by atoms with van der Waals surface area (Å²) in [5.74, 6) is -1.26. The highest BCUT2D eigenvalue weighted by Gasteiger charge is 2.38. The summed E-state index contributed by atoms with van der Waals surface area (Å²) in [5, 5.41) is 5.40. The van der Waals surface area contributed by atoms with Crippen LogP contribution in [0.3, 0.4) is 0 Å². The summed E-state index contributed by atoms with van der Waals surface area (Å²) >= 11 is 0. The molecule has 4 rings (SSSR count). The van der Waals surface area contributed by atoms with Gasteiger partial charge in [-0.3, -0.25) is 14.4 Å². The zero-order valence-electron chi connectivity index (χ0n) is 24.9. The summed E-state index contributed by atoms with van der Waals surface area (Å²) in [6, 6.07) is 25.1. The van der Waals surface area contributed by atoms with E-state index < -0.39 is 29.7 Å². The van der Waals surface area contributed by atoms with Gasteiger partial charge in [-0.1, -0.05) is 78.9 Å². The van der Waals surface area contributed by atoms with Crippen LogP contribution in [0.4, 0.5) is 10.5 Å². The predicted molar refractivity (Wildman–Crippen MR) is 163 cm³/mol. The van der Waals surface area contributed by atoms with Crippen LogP contribution in [-0.4, -0.2) is 48.1 Å². The number of alkyl carbamates (subject to hydrolysis) is 1. The van der Waals surface area contributed by atoms with Crippen LogP contribution in [0.15, 0.2) is 84.9 Å². The summed E-state index contributed by atoms with van der Waals surface area (Å²) in [6.45, 7) is 5.12. The maximum atomic E-state index is 14.2. The number of nitrogens with one attached hydrogen (secondary N) is 2. The van der Waals surface area contributed by atoms with Gasteiger partial charge >= 0.3 is 12.1 Å². The van der Waals surface area contributed by atoms with Gasteiger partial charge in [-0.2, -0.15) is 0 Å². The Labute approximate surface area is 252 Å². The van der Waals surface area contributed by atoms with Crippen molar-refractivity contribution >= 4 is 29.6 Å². The number of carbonyl (C=O) groups excluding carboxylic acids is 4. The molecule has 1 aliphatic rings. The smallest absolute Gasteiger partial charge is 0.408 e. The lowest BCUT2D eigenvalue weighted by Gasteiger charge is -2.30. The summed E-state index contributed by atoms with van der Waals surface area (Å²) in [7, 11) is 0. The Bertz CT molecular complexity index is 1400. The fourth-order valence-electron chi connectivity index (χ4n) is 5.00. The molecule has 0 aliphatic carbocycles. The third-order valence-electron chi connectivity index (χ3n) is 6.96. The van der Waals surface area contributed by atoms with Crippen LogP contribution in [0.1, 0.15) is 50.3 Å². The molecule has 9 nitrogen and oxygen atoms in total. The van der Waals surface area contributed by atoms with E-state index in [9.17, 15) is 19.2 Å². The molecule has 2 atom stereocenters. The molecule has 226 valence electrons. The number of aryl methyl sites for hydroxylation is 1. The van der Waals surface area contributed by atoms with Crippen LogP contribution < -0.4 is 15.5 Å². The Kier molecular flexibility index (Phi) is 10.5. The molecule has 2 N–H and O–H groups in total. The van der Waals surface area contributed by atoms with Gasteiger partial charge in [0.2, 0.25) is 11.8 Å². The molecule has 0 spiro atoms. The van der Waals surface area contributed by atoms with E-state index in [2.05, 4.69) is 10.6 Å². The topological polar surface area (TPSA) is 114 Å². The molecule has 0 unspecified atom stereocenters. The number of para-hydroxylation sites is 1. The number of ether oxygens (including phenoxy) is 2. The molecule has 1 heterocycles. The quantitative estimate of drug-likeness (QED) is 0.315. The minimum absolute atomic E-state index is 0.0236. The molecule has 0 aromatic heterocycles. The molecule has 0 saturated heterocycles. The van der Waals surface area contributed by atoms with Crippen molar-refractivity contribution in [1.82, 2.24) is 10.6 Å². The molecule has 0 radical (unpaired) electrons. The third-order valence-corrected chi connectivity index (χ3v) is 6.96. The van der Waals surface area contributed by atoms with Crippen molar-refractivity contribution in [3.63, 3.8) is 0 Å². The Balaban J connectivity index is 1.44. The van der Waals surface area contributed by atoms with Gasteiger partial charge < -0.3 is 25.0 Å². The minimum atomic E-state index is -0.889. The van der Waals surface area contributed by atoms with E-state index in [4.69, 9.17) is 9.47 Å². The predicted octanol–water partition coefficient (Wildman–Crippen LogP) is 4.72. The van der Waals surface area contributed by atoms with E-state index in [0.29, 0.717) is 24.9 Å². The first-order valence-electron chi connectivity index (χ1n) is 14.5. The zero-order valence-corrected chi connectivity index (χ0v) is 24.9. The van der Waals surface area contributed by atoms with Crippen molar-refractivity contribution in [2.45, 2.75) is 70.7 Å². The van der Waals surface area contributed by atoms with Gasteiger partial charge in [0.25, 0.3) is 0 Å². The molecule has 0 saturated carbocycles. The van der Waals surface area contributed by atoms with E-state index in [-0.39, 0.29) is 31.4 Å². The van der Waals surface area contributed by atoms with Gasteiger partial charge in [0.1, 0.15) is 24.8 Å². The summed E-state index contributed by atoms with van der Waals surface area (Å²) in [4.78, 5) is 53.8. The van der Waals surface area contributed by atoms with Gasteiger partial charge in [-0.15, -0.1) is 0 Å². The van der Waals surface area contributed by atoms with Crippen LogP contribution in [0.25, 0.3) is 0 Å². The fraction of sp³-hybridized carbons (Fsp3) is 0.353. The second-order valence-electron chi connectivity index (χ2n) is 11.5. The van der Waals surface area contributed by atoms with Crippen molar-refractivity contribution in [2.75, 3.05) is 11.4 Å². The van der Waals surface area contributed by atoms with Crippen molar-refractivity contribution in [1.29, 1.82) is 0 Å². The molecular formula is C34H39N3O6. The maximum Gasteiger partial charge on any atom is 0.408 e. The Hall–Kier alpha value is -4.66. The largest absolute Gasteiger partial charge is 0.460 e. The van der Waals surface area contributed by atoms with Gasteiger partial charge in [-0.05, 0) is 62.8 Å². The molecule has 1 aliphatic heterocycles. The number of carbonyl (C=O) groups is 4. The number of rotatable bonds is 11. The molecule has 3 aromatic carbocycles. The molecule has 0 bridgehead atoms. The lowest BCUT2D eigenvalue weighted by molar-refractivity contribution is -0.145. The zero-order chi connectivity index (χ0) is 30.8. The highest BCUT2D eigenvalue weighted by atomic mass is 16.6. The Morgan fingerprint density at radius 3 is 2.19 bits per heavy atom. The number of esters is 1. The molecule has 0 fully saturated rings. The van der Waals surface area contributed by atoms with Crippen LogP contribution in [0.2, 0.25) is 0 Å². The fourth-order valence-corrected chi connectivity index (χ4v) is 5.00. The van der Waals surface area contributed by atoms with Crippen molar-refractivity contribution < 1.29 is 28.7 Å².